The van der Waals surface area contributed by atoms with Crippen LogP contribution in [0.5, 0.6) is 5.75 Å². The van der Waals surface area contributed by atoms with Crippen LogP contribution < -0.4 is 4.74 Å². The van der Waals surface area contributed by atoms with Gasteiger partial charge in [-0.15, -0.1) is 0 Å². The van der Waals surface area contributed by atoms with Crippen LogP contribution in [0.15, 0.2) is 30.3 Å². The zero-order valence-electron chi connectivity index (χ0n) is 13.2. The Bertz CT molecular complexity index is 553. The number of hydrogen-bond donors (Lipinski definition) is 1. The number of carboxylic acids is 1. The Morgan fingerprint density at radius 2 is 1.83 bits per heavy atom. The first-order chi connectivity index (χ1) is 11.1. The lowest BCUT2D eigenvalue weighted by molar-refractivity contribution is -0.141. The highest BCUT2D eigenvalue weighted by Gasteiger charge is 2.27. The number of benzene rings is 1. The van der Waals surface area contributed by atoms with Gasteiger partial charge < -0.3 is 14.6 Å². The molecule has 0 atom stereocenters. The van der Waals surface area contributed by atoms with Crippen LogP contribution in [0.3, 0.4) is 0 Å². The van der Waals surface area contributed by atoms with E-state index in [9.17, 15) is 9.59 Å². The van der Waals surface area contributed by atoms with Crippen LogP contribution in [0.25, 0.3) is 6.08 Å². The standard InChI is InChI=1S/C18H22O5/c1-2-22-15-10-6-14(7-11-15)18(21)23-16-8-3-13(4-9-16)5-12-17(19)20/h3-5,8-9,12,14-15H,2,6-7,10-11H2,1H3,(H,19,20). The molecule has 1 aromatic rings. The Labute approximate surface area is 135 Å². The van der Waals surface area contributed by atoms with Crippen LogP contribution in [-0.4, -0.2) is 29.8 Å². The molecule has 0 radical (unpaired) electrons. The average molecular weight is 318 g/mol. The first-order valence-electron chi connectivity index (χ1n) is 7.93. The molecule has 124 valence electrons. The molecule has 0 heterocycles. The molecule has 0 unspecified atom stereocenters. The van der Waals surface area contributed by atoms with E-state index in [1.165, 1.54) is 6.08 Å². The lowest BCUT2D eigenvalue weighted by atomic mass is 9.87. The molecule has 0 amide bonds. The molecule has 2 rings (SSSR count). The third-order valence-electron chi connectivity index (χ3n) is 3.93. The van der Waals surface area contributed by atoms with Gasteiger partial charge in [0.05, 0.1) is 12.0 Å². The number of carbonyl (C=O) groups excluding carboxylic acids is 1. The molecule has 0 spiro atoms. The summed E-state index contributed by atoms with van der Waals surface area (Å²) < 4.78 is 11.0. The zero-order chi connectivity index (χ0) is 16.7. The molecule has 1 saturated carbocycles. The van der Waals surface area contributed by atoms with Crippen LogP contribution in [-0.2, 0) is 14.3 Å². The maximum absolute atomic E-state index is 12.2. The third kappa shape index (κ3) is 5.53. The van der Waals surface area contributed by atoms with Crippen molar-refractivity contribution in [3.05, 3.63) is 35.9 Å². The second-order valence-corrected chi connectivity index (χ2v) is 5.59. The van der Waals surface area contributed by atoms with Gasteiger partial charge in [-0.05, 0) is 56.4 Å². The van der Waals surface area contributed by atoms with Crippen LogP contribution in [0.2, 0.25) is 0 Å². The van der Waals surface area contributed by atoms with Crippen molar-refractivity contribution in [1.82, 2.24) is 0 Å². The molecule has 0 aromatic heterocycles. The van der Waals surface area contributed by atoms with E-state index in [0.717, 1.165) is 37.3 Å². The van der Waals surface area contributed by atoms with Gasteiger partial charge in [-0.3, -0.25) is 4.79 Å². The summed E-state index contributed by atoms with van der Waals surface area (Å²) in [6, 6.07) is 6.78. The number of rotatable bonds is 6. The van der Waals surface area contributed by atoms with Gasteiger partial charge in [0.15, 0.2) is 0 Å². The molecule has 1 aliphatic carbocycles. The maximum Gasteiger partial charge on any atom is 0.328 e. The second kappa shape index (κ2) is 8.48. The molecule has 0 bridgehead atoms. The molecule has 0 aliphatic heterocycles. The van der Waals surface area contributed by atoms with Gasteiger partial charge in [-0.25, -0.2) is 4.79 Å². The van der Waals surface area contributed by atoms with Crippen molar-refractivity contribution in [2.24, 2.45) is 5.92 Å². The maximum atomic E-state index is 12.2. The molecule has 1 N–H and O–H groups in total. The van der Waals surface area contributed by atoms with Gasteiger partial charge in [-0.1, -0.05) is 12.1 Å². The number of carbonyl (C=O) groups is 2. The SMILES string of the molecule is CCOC1CCC(C(=O)Oc2ccc(C=CC(=O)O)cc2)CC1. The molecular weight excluding hydrogens is 296 g/mol. The van der Waals surface area contributed by atoms with E-state index in [2.05, 4.69) is 0 Å². The highest BCUT2D eigenvalue weighted by Crippen LogP contribution is 2.28. The first kappa shape index (κ1) is 17.2. The minimum Gasteiger partial charge on any atom is -0.478 e. The quantitative estimate of drug-likeness (QED) is 0.495. The minimum absolute atomic E-state index is 0.0710. The summed E-state index contributed by atoms with van der Waals surface area (Å²) in [6.45, 7) is 2.69. The second-order valence-electron chi connectivity index (χ2n) is 5.59. The van der Waals surface area contributed by atoms with Gasteiger partial charge in [0, 0.05) is 12.7 Å². The molecular formula is C18H22O5. The highest BCUT2D eigenvalue weighted by molar-refractivity contribution is 5.85. The van der Waals surface area contributed by atoms with E-state index in [1.807, 2.05) is 6.92 Å². The normalized spacial score (nSPS) is 21.3. The van der Waals surface area contributed by atoms with Crippen LogP contribution in [0.4, 0.5) is 0 Å². The topological polar surface area (TPSA) is 72.8 Å². The fraction of sp³-hybridized carbons (Fsp3) is 0.444. The van der Waals surface area contributed by atoms with Crippen molar-refractivity contribution < 1.29 is 24.2 Å². The Hall–Kier alpha value is -2.14. The highest BCUT2D eigenvalue weighted by atomic mass is 16.5. The van der Waals surface area contributed by atoms with E-state index in [1.54, 1.807) is 24.3 Å². The molecule has 5 nitrogen and oxygen atoms in total. The average Bonchev–Trinajstić information content (AvgIpc) is 2.55. The summed E-state index contributed by atoms with van der Waals surface area (Å²) in [5, 5.41) is 8.58. The fourth-order valence-corrected chi connectivity index (χ4v) is 2.71. The van der Waals surface area contributed by atoms with Crippen LogP contribution in [0, 0.1) is 5.92 Å². The number of hydrogen-bond acceptors (Lipinski definition) is 4. The van der Waals surface area contributed by atoms with E-state index in [4.69, 9.17) is 14.6 Å². The molecule has 23 heavy (non-hydrogen) atoms. The van der Waals surface area contributed by atoms with Crippen molar-refractivity contribution in [2.75, 3.05) is 6.61 Å². The number of aliphatic carboxylic acids is 1. The number of ether oxygens (including phenoxy) is 2. The minimum atomic E-state index is -0.997. The largest absolute Gasteiger partial charge is 0.478 e. The van der Waals surface area contributed by atoms with Gasteiger partial charge in [0.1, 0.15) is 5.75 Å². The number of esters is 1. The Morgan fingerprint density at radius 1 is 1.17 bits per heavy atom. The van der Waals surface area contributed by atoms with Crippen LogP contribution in [0.1, 0.15) is 38.2 Å². The van der Waals surface area contributed by atoms with Crippen molar-refractivity contribution in [1.29, 1.82) is 0 Å². The Kier molecular flexibility index (Phi) is 6.35. The van der Waals surface area contributed by atoms with Crippen molar-refractivity contribution in [2.45, 2.75) is 38.7 Å². The summed E-state index contributed by atoms with van der Waals surface area (Å²) in [5.74, 6) is -0.787. The lowest BCUT2D eigenvalue weighted by Gasteiger charge is -2.26. The molecule has 1 fully saturated rings. The van der Waals surface area contributed by atoms with Crippen molar-refractivity contribution in [3.63, 3.8) is 0 Å². The van der Waals surface area contributed by atoms with Crippen molar-refractivity contribution in [3.8, 4) is 5.75 Å². The first-order valence-corrected chi connectivity index (χ1v) is 7.93. The summed E-state index contributed by atoms with van der Waals surface area (Å²) >= 11 is 0. The predicted octanol–water partition coefficient (Wildman–Crippen LogP) is 3.29. The van der Waals surface area contributed by atoms with E-state index >= 15 is 0 Å². The lowest BCUT2D eigenvalue weighted by Crippen LogP contribution is -2.28. The van der Waals surface area contributed by atoms with E-state index < -0.39 is 5.97 Å². The van der Waals surface area contributed by atoms with Gasteiger partial charge in [0.25, 0.3) is 0 Å². The summed E-state index contributed by atoms with van der Waals surface area (Å²) in [6.07, 6.45) is 6.20. The number of carboxylic acid groups (broad SMARTS) is 1. The van der Waals surface area contributed by atoms with Gasteiger partial charge in [0.2, 0.25) is 0 Å². The summed E-state index contributed by atoms with van der Waals surface area (Å²) in [5.41, 5.74) is 0.740. The molecule has 1 aromatic carbocycles. The van der Waals surface area contributed by atoms with Crippen LogP contribution >= 0.6 is 0 Å². The molecule has 0 saturated heterocycles. The predicted molar refractivity (Wildman–Crippen MR) is 86.1 cm³/mol. The van der Waals surface area contributed by atoms with Gasteiger partial charge >= 0.3 is 11.9 Å². The Balaban J connectivity index is 1.85. The van der Waals surface area contributed by atoms with E-state index in [0.29, 0.717) is 12.4 Å². The molecule has 1 aliphatic rings. The monoisotopic (exact) mass is 318 g/mol. The van der Waals surface area contributed by atoms with E-state index in [-0.39, 0.29) is 18.0 Å². The Morgan fingerprint density at radius 3 is 2.39 bits per heavy atom. The summed E-state index contributed by atoms with van der Waals surface area (Å²) in [4.78, 5) is 22.6. The smallest absolute Gasteiger partial charge is 0.328 e. The molecule has 5 heteroatoms. The van der Waals surface area contributed by atoms with Gasteiger partial charge in [-0.2, -0.15) is 0 Å². The van der Waals surface area contributed by atoms with Crippen molar-refractivity contribution >= 4 is 18.0 Å². The zero-order valence-corrected chi connectivity index (χ0v) is 13.2. The summed E-state index contributed by atoms with van der Waals surface area (Å²) in [7, 11) is 0. The fourth-order valence-electron chi connectivity index (χ4n) is 2.71. The third-order valence-corrected chi connectivity index (χ3v) is 3.93.